The number of nitrogens with zero attached hydrogens (tertiary/aromatic N) is 2. The van der Waals surface area contributed by atoms with Crippen LogP contribution in [0.4, 0.5) is 0 Å². The van der Waals surface area contributed by atoms with E-state index >= 15 is 0 Å². The maximum absolute atomic E-state index is 8.99. The quantitative estimate of drug-likeness (QED) is 0.771. The minimum Gasteiger partial charge on any atom is -0.354 e. The van der Waals surface area contributed by atoms with E-state index in [4.69, 9.17) is 5.26 Å². The second-order valence-corrected chi connectivity index (χ2v) is 5.91. The average Bonchev–Trinajstić information content (AvgIpc) is 2.84. The van der Waals surface area contributed by atoms with Gasteiger partial charge >= 0.3 is 0 Å². The fourth-order valence-corrected chi connectivity index (χ4v) is 2.33. The Bertz CT molecular complexity index is 412. The van der Waals surface area contributed by atoms with E-state index in [9.17, 15) is 0 Å². The summed E-state index contributed by atoms with van der Waals surface area (Å²) < 4.78 is 2.24. The van der Waals surface area contributed by atoms with Gasteiger partial charge in [0.2, 0.25) is 0 Å². The Morgan fingerprint density at radius 2 is 2.21 bits per heavy atom. The molecule has 1 aromatic rings. The largest absolute Gasteiger partial charge is 0.354 e. The summed E-state index contributed by atoms with van der Waals surface area (Å²) in [6.07, 6.45) is 8.73. The lowest BCUT2D eigenvalue weighted by Gasteiger charge is -2.15. The Morgan fingerprint density at radius 1 is 1.47 bits per heavy atom. The smallest absolute Gasteiger partial charge is 0.0683 e. The Hall–Kier alpha value is -1.27. The third-order valence-electron chi connectivity index (χ3n) is 3.62. The summed E-state index contributed by atoms with van der Waals surface area (Å²) in [5, 5.41) is 12.4. The highest BCUT2D eigenvalue weighted by molar-refractivity contribution is 5.15. The highest BCUT2D eigenvalue weighted by atomic mass is 14.9. The molecule has 0 spiro atoms. The van der Waals surface area contributed by atoms with Gasteiger partial charge in [-0.05, 0) is 51.8 Å². The summed E-state index contributed by atoms with van der Waals surface area (Å²) in [5.41, 5.74) is 1.16. The van der Waals surface area contributed by atoms with Crippen LogP contribution in [0.1, 0.15) is 58.1 Å². The predicted octanol–water partition coefficient (Wildman–Crippen LogP) is 3.88. The first-order valence-electron chi connectivity index (χ1n) is 7.26. The van der Waals surface area contributed by atoms with Gasteiger partial charge in [0.15, 0.2) is 0 Å². The average molecular weight is 261 g/mol. The van der Waals surface area contributed by atoms with Gasteiger partial charge in [-0.25, -0.2) is 0 Å². The van der Waals surface area contributed by atoms with E-state index in [1.807, 2.05) is 20.9 Å². The van der Waals surface area contributed by atoms with Crippen LogP contribution in [0.5, 0.6) is 0 Å². The molecule has 0 bridgehead atoms. The van der Waals surface area contributed by atoms with E-state index in [2.05, 4.69) is 41.3 Å². The Kier molecular flexibility index (Phi) is 6.11. The molecule has 3 nitrogen and oxygen atoms in total. The van der Waals surface area contributed by atoms with Crippen LogP contribution in [0.3, 0.4) is 0 Å². The summed E-state index contributed by atoms with van der Waals surface area (Å²) in [4.78, 5) is 0. The van der Waals surface area contributed by atoms with Crippen molar-refractivity contribution in [2.75, 3.05) is 7.05 Å². The van der Waals surface area contributed by atoms with Crippen molar-refractivity contribution >= 4 is 0 Å². The van der Waals surface area contributed by atoms with E-state index < -0.39 is 0 Å². The third-order valence-corrected chi connectivity index (χ3v) is 3.62. The van der Waals surface area contributed by atoms with Crippen molar-refractivity contribution in [2.24, 2.45) is 5.41 Å². The first-order valence-corrected chi connectivity index (χ1v) is 7.26. The minimum atomic E-state index is -0.203. The molecule has 0 radical (unpaired) electrons. The molecule has 1 N–H and O–H groups in total. The molecule has 3 heteroatoms. The molecule has 0 saturated carbocycles. The van der Waals surface area contributed by atoms with E-state index in [1.54, 1.807) is 0 Å². The first-order chi connectivity index (χ1) is 9.02. The summed E-state index contributed by atoms with van der Waals surface area (Å²) >= 11 is 0. The number of rotatable bonds is 8. The highest BCUT2D eigenvalue weighted by Gasteiger charge is 2.15. The zero-order valence-electron chi connectivity index (χ0n) is 12.7. The van der Waals surface area contributed by atoms with Crippen molar-refractivity contribution in [3.63, 3.8) is 0 Å². The Labute approximate surface area is 117 Å². The van der Waals surface area contributed by atoms with Crippen LogP contribution in [0.15, 0.2) is 18.5 Å². The molecular formula is C16H27N3. The molecule has 0 saturated heterocycles. The van der Waals surface area contributed by atoms with Crippen LogP contribution < -0.4 is 5.32 Å². The fraction of sp³-hybridized carbons (Fsp3) is 0.688. The van der Waals surface area contributed by atoms with Crippen LogP contribution in [0.2, 0.25) is 0 Å². The molecule has 19 heavy (non-hydrogen) atoms. The van der Waals surface area contributed by atoms with E-state index in [1.165, 1.54) is 18.4 Å². The van der Waals surface area contributed by atoms with Gasteiger partial charge in [-0.15, -0.1) is 0 Å². The number of aromatic nitrogens is 1. The standard InChI is InChI=1S/C16H27N3/c1-5-7-15(18-4)14-8-11-19(12-14)10-6-9-16(2,3)13-17/h8,11-12,15,18H,5-7,9-10H2,1-4H3. The first kappa shape index (κ1) is 15.8. The monoisotopic (exact) mass is 261 g/mol. The number of hydrogen-bond donors (Lipinski definition) is 1. The van der Waals surface area contributed by atoms with Crippen molar-refractivity contribution in [1.29, 1.82) is 5.26 Å². The van der Waals surface area contributed by atoms with Crippen LogP contribution >= 0.6 is 0 Å². The van der Waals surface area contributed by atoms with Crippen molar-refractivity contribution < 1.29 is 0 Å². The molecule has 0 aliphatic rings. The fourth-order valence-electron chi connectivity index (χ4n) is 2.33. The zero-order chi connectivity index (χ0) is 14.3. The zero-order valence-corrected chi connectivity index (χ0v) is 12.7. The molecule has 106 valence electrons. The molecule has 1 heterocycles. The van der Waals surface area contributed by atoms with Gasteiger partial charge in [0.05, 0.1) is 11.5 Å². The molecule has 0 amide bonds. The van der Waals surface area contributed by atoms with E-state index in [0.29, 0.717) is 6.04 Å². The van der Waals surface area contributed by atoms with Gasteiger partial charge in [-0.3, -0.25) is 0 Å². The van der Waals surface area contributed by atoms with Gasteiger partial charge in [-0.1, -0.05) is 13.3 Å². The molecular weight excluding hydrogens is 234 g/mol. The highest BCUT2D eigenvalue weighted by Crippen LogP contribution is 2.22. The maximum atomic E-state index is 8.99. The second-order valence-electron chi connectivity index (χ2n) is 5.91. The SMILES string of the molecule is CCCC(NC)c1ccn(CCCC(C)(C)C#N)c1. The maximum Gasteiger partial charge on any atom is 0.0683 e. The van der Waals surface area contributed by atoms with Gasteiger partial charge in [-0.2, -0.15) is 5.26 Å². The van der Waals surface area contributed by atoms with Crippen molar-refractivity contribution in [3.05, 3.63) is 24.0 Å². The molecule has 1 unspecified atom stereocenters. The van der Waals surface area contributed by atoms with Gasteiger partial charge in [0.1, 0.15) is 0 Å². The van der Waals surface area contributed by atoms with Crippen molar-refractivity contribution in [1.82, 2.24) is 9.88 Å². The van der Waals surface area contributed by atoms with Crippen molar-refractivity contribution in [3.8, 4) is 6.07 Å². The van der Waals surface area contributed by atoms with Crippen LogP contribution in [-0.2, 0) is 6.54 Å². The van der Waals surface area contributed by atoms with Crippen LogP contribution in [0, 0.1) is 16.7 Å². The lowest BCUT2D eigenvalue weighted by molar-refractivity contribution is 0.415. The Morgan fingerprint density at radius 3 is 2.79 bits per heavy atom. The van der Waals surface area contributed by atoms with Gasteiger partial charge in [0.25, 0.3) is 0 Å². The molecule has 0 aromatic carbocycles. The molecule has 1 aromatic heterocycles. The van der Waals surface area contributed by atoms with Gasteiger partial charge < -0.3 is 9.88 Å². The van der Waals surface area contributed by atoms with Gasteiger partial charge in [0, 0.05) is 25.0 Å². The van der Waals surface area contributed by atoms with Crippen LogP contribution in [-0.4, -0.2) is 11.6 Å². The second kappa shape index (κ2) is 7.35. The lowest BCUT2D eigenvalue weighted by atomic mass is 9.90. The van der Waals surface area contributed by atoms with E-state index in [0.717, 1.165) is 19.4 Å². The summed E-state index contributed by atoms with van der Waals surface area (Å²) in [5.74, 6) is 0. The topological polar surface area (TPSA) is 40.8 Å². The van der Waals surface area contributed by atoms with Crippen LogP contribution in [0.25, 0.3) is 0 Å². The molecule has 0 aliphatic heterocycles. The number of aryl methyl sites for hydroxylation is 1. The molecule has 0 fully saturated rings. The van der Waals surface area contributed by atoms with E-state index in [-0.39, 0.29) is 5.41 Å². The lowest BCUT2D eigenvalue weighted by Crippen LogP contribution is -2.15. The number of hydrogen-bond acceptors (Lipinski definition) is 2. The number of nitriles is 1. The normalized spacial score (nSPS) is 13.2. The van der Waals surface area contributed by atoms with Crippen molar-refractivity contribution in [2.45, 2.75) is 59.0 Å². The predicted molar refractivity (Wildman–Crippen MR) is 79.8 cm³/mol. The summed E-state index contributed by atoms with van der Waals surface area (Å²) in [6.45, 7) is 7.22. The summed E-state index contributed by atoms with van der Waals surface area (Å²) in [7, 11) is 2.02. The summed E-state index contributed by atoms with van der Waals surface area (Å²) in [6, 6.07) is 5.02. The Balaban J connectivity index is 2.49. The molecule has 1 rings (SSSR count). The molecule has 1 atom stereocenters. The number of nitrogens with one attached hydrogen (secondary N) is 1. The minimum absolute atomic E-state index is 0.203. The molecule has 0 aliphatic carbocycles. The third kappa shape index (κ3) is 5.08.